The van der Waals surface area contributed by atoms with Crippen LogP contribution in [0.25, 0.3) is 0 Å². The highest BCUT2D eigenvalue weighted by Gasteiger charge is 2.22. The predicted octanol–water partition coefficient (Wildman–Crippen LogP) is 13.7. The van der Waals surface area contributed by atoms with E-state index in [2.05, 4.69) is 13.8 Å². The number of unbranched alkanes of at least 4 members (excludes halogenated alkanes) is 18. The SMILES string of the molecule is CCCCCCCCCCCCOc1cc(O)c(C(=O)c2ccccc2)cc1Cc1cc(C(=O)c2ccccc2)c(O)cc1OCCCCCCCCCCCC. The molecule has 0 spiro atoms. The number of carbonyl (C=O) groups is 2. The third-order valence-electron chi connectivity index (χ3n) is 10.8. The van der Waals surface area contributed by atoms with E-state index in [1.165, 1.54) is 89.9 Å². The minimum absolute atomic E-state index is 0.145. The van der Waals surface area contributed by atoms with Crippen molar-refractivity contribution in [2.75, 3.05) is 13.2 Å². The molecule has 0 amide bonds. The minimum atomic E-state index is -0.293. The molecule has 0 aromatic heterocycles. The quantitative estimate of drug-likeness (QED) is 0.0405. The van der Waals surface area contributed by atoms with Gasteiger partial charge in [-0.1, -0.05) is 190 Å². The first-order valence-electron chi connectivity index (χ1n) is 22.1. The summed E-state index contributed by atoms with van der Waals surface area (Å²) in [6.07, 6.45) is 24.5. The second-order valence-electron chi connectivity index (χ2n) is 15.6. The van der Waals surface area contributed by atoms with Crippen LogP contribution < -0.4 is 9.47 Å². The number of phenolic OH excluding ortho intramolecular Hbond substituents is 2. The summed E-state index contributed by atoms with van der Waals surface area (Å²) in [5.41, 5.74) is 2.67. The van der Waals surface area contributed by atoms with Crippen LogP contribution in [0, 0.1) is 0 Å². The van der Waals surface area contributed by atoms with Crippen LogP contribution in [0.2, 0.25) is 0 Å². The lowest BCUT2D eigenvalue weighted by Gasteiger charge is -2.18. The van der Waals surface area contributed by atoms with Gasteiger partial charge in [0.05, 0.1) is 24.3 Å². The van der Waals surface area contributed by atoms with Crippen molar-refractivity contribution in [2.45, 2.75) is 149 Å². The van der Waals surface area contributed by atoms with E-state index < -0.39 is 0 Å². The maximum atomic E-state index is 13.7. The third-order valence-corrected chi connectivity index (χ3v) is 10.8. The Hall–Kier alpha value is -4.58. The lowest BCUT2D eigenvalue weighted by molar-refractivity contribution is 0.102. The molecule has 0 heterocycles. The van der Waals surface area contributed by atoms with E-state index in [9.17, 15) is 19.8 Å². The van der Waals surface area contributed by atoms with Gasteiger partial charge in [0, 0.05) is 29.7 Å². The van der Waals surface area contributed by atoms with Gasteiger partial charge < -0.3 is 19.7 Å². The van der Waals surface area contributed by atoms with Crippen molar-refractivity contribution in [3.05, 3.63) is 118 Å². The standard InChI is InChI=1S/C51H68O6/c1-3-5-7-9-11-13-15-17-19-27-33-56-48-38-46(52)44(50(54)40-29-23-21-24-30-40)36-42(48)35-43-37-45(51(55)41-31-25-22-26-32-41)47(53)39-49(43)57-34-28-20-18-16-14-12-10-8-6-4-2/h21-26,29-32,36-39,52-53H,3-20,27-28,33-35H2,1-2H3. The first-order chi connectivity index (χ1) is 27.9. The number of ketones is 2. The zero-order valence-corrected chi connectivity index (χ0v) is 34.9. The van der Waals surface area contributed by atoms with Gasteiger partial charge in [0.25, 0.3) is 0 Å². The summed E-state index contributed by atoms with van der Waals surface area (Å²) in [5, 5.41) is 22.4. The van der Waals surface area contributed by atoms with E-state index in [0.717, 1.165) is 38.5 Å². The Kier molecular flexibility index (Phi) is 20.9. The van der Waals surface area contributed by atoms with Crippen molar-refractivity contribution in [3.63, 3.8) is 0 Å². The van der Waals surface area contributed by atoms with Crippen LogP contribution in [0.5, 0.6) is 23.0 Å². The highest BCUT2D eigenvalue weighted by Crippen LogP contribution is 2.37. The molecule has 0 bridgehead atoms. The van der Waals surface area contributed by atoms with E-state index in [-0.39, 0.29) is 40.6 Å². The normalized spacial score (nSPS) is 11.1. The maximum Gasteiger partial charge on any atom is 0.196 e. The Morgan fingerprint density at radius 1 is 0.439 bits per heavy atom. The molecule has 4 aromatic rings. The fourth-order valence-electron chi connectivity index (χ4n) is 7.38. The van der Waals surface area contributed by atoms with Gasteiger partial charge in [0.15, 0.2) is 11.6 Å². The number of hydrogen-bond acceptors (Lipinski definition) is 6. The lowest BCUT2D eigenvalue weighted by Crippen LogP contribution is -2.08. The van der Waals surface area contributed by atoms with Gasteiger partial charge in [-0.2, -0.15) is 0 Å². The molecule has 0 aliphatic heterocycles. The Labute approximate surface area is 343 Å². The molecule has 6 nitrogen and oxygen atoms in total. The zero-order valence-electron chi connectivity index (χ0n) is 34.9. The molecular formula is C51H68O6. The number of aromatic hydroxyl groups is 2. The van der Waals surface area contributed by atoms with Crippen LogP contribution in [-0.4, -0.2) is 35.0 Å². The van der Waals surface area contributed by atoms with Crippen molar-refractivity contribution in [1.29, 1.82) is 0 Å². The van der Waals surface area contributed by atoms with Gasteiger partial charge in [-0.05, 0) is 36.1 Å². The molecule has 0 saturated heterocycles. The summed E-state index contributed by atoms with van der Waals surface area (Å²) in [7, 11) is 0. The average Bonchev–Trinajstić information content (AvgIpc) is 3.23. The second kappa shape index (κ2) is 26.4. The monoisotopic (exact) mass is 777 g/mol. The average molecular weight is 777 g/mol. The van der Waals surface area contributed by atoms with Crippen LogP contribution in [0.4, 0.5) is 0 Å². The highest BCUT2D eigenvalue weighted by atomic mass is 16.5. The largest absolute Gasteiger partial charge is 0.507 e. The van der Waals surface area contributed by atoms with Gasteiger partial charge in [0.2, 0.25) is 0 Å². The first-order valence-corrected chi connectivity index (χ1v) is 22.1. The molecule has 0 saturated carbocycles. The highest BCUT2D eigenvalue weighted by molar-refractivity contribution is 6.11. The molecule has 6 heteroatoms. The van der Waals surface area contributed by atoms with E-state index in [4.69, 9.17) is 9.47 Å². The van der Waals surface area contributed by atoms with Gasteiger partial charge in [-0.25, -0.2) is 0 Å². The van der Waals surface area contributed by atoms with Crippen LogP contribution in [0.3, 0.4) is 0 Å². The summed E-state index contributed by atoms with van der Waals surface area (Å²) in [6, 6.07) is 24.3. The van der Waals surface area contributed by atoms with E-state index in [1.54, 1.807) is 72.8 Å². The number of hydrogen-bond donors (Lipinski definition) is 2. The fourth-order valence-corrected chi connectivity index (χ4v) is 7.38. The molecule has 0 unspecified atom stereocenters. The number of rotatable bonds is 30. The van der Waals surface area contributed by atoms with Crippen LogP contribution in [0.1, 0.15) is 185 Å². The van der Waals surface area contributed by atoms with Crippen molar-refractivity contribution in [2.24, 2.45) is 0 Å². The third kappa shape index (κ3) is 15.7. The Bertz CT molecular complexity index is 1620. The topological polar surface area (TPSA) is 93.1 Å². The lowest BCUT2D eigenvalue weighted by atomic mass is 9.94. The van der Waals surface area contributed by atoms with Gasteiger partial charge >= 0.3 is 0 Å². The maximum absolute atomic E-state index is 13.7. The molecule has 4 aromatic carbocycles. The smallest absolute Gasteiger partial charge is 0.196 e. The van der Waals surface area contributed by atoms with Crippen molar-refractivity contribution < 1.29 is 29.3 Å². The van der Waals surface area contributed by atoms with Crippen molar-refractivity contribution >= 4 is 11.6 Å². The number of phenols is 2. The number of carbonyl (C=O) groups excluding carboxylic acids is 2. The van der Waals surface area contributed by atoms with E-state index in [0.29, 0.717) is 47.0 Å². The second-order valence-corrected chi connectivity index (χ2v) is 15.6. The number of ether oxygens (including phenoxy) is 2. The van der Waals surface area contributed by atoms with Crippen LogP contribution in [0.15, 0.2) is 84.9 Å². The van der Waals surface area contributed by atoms with Crippen molar-refractivity contribution in [3.8, 4) is 23.0 Å². The van der Waals surface area contributed by atoms with Gasteiger partial charge in [-0.15, -0.1) is 0 Å². The molecular weight excluding hydrogens is 709 g/mol. The van der Waals surface area contributed by atoms with Crippen molar-refractivity contribution in [1.82, 2.24) is 0 Å². The predicted molar refractivity (Wildman–Crippen MR) is 233 cm³/mol. The summed E-state index contributed by atoms with van der Waals surface area (Å²) in [4.78, 5) is 27.4. The first kappa shape index (κ1) is 45.1. The molecule has 0 radical (unpaired) electrons. The Balaban J connectivity index is 1.53. The molecule has 308 valence electrons. The Morgan fingerprint density at radius 2 is 0.754 bits per heavy atom. The number of benzene rings is 4. The van der Waals surface area contributed by atoms with Gasteiger partial charge in [0.1, 0.15) is 23.0 Å². The molecule has 0 aliphatic rings. The van der Waals surface area contributed by atoms with Gasteiger partial charge in [-0.3, -0.25) is 9.59 Å². The summed E-state index contributed by atoms with van der Waals surface area (Å²) >= 11 is 0. The summed E-state index contributed by atoms with van der Waals surface area (Å²) in [6.45, 7) is 5.44. The summed E-state index contributed by atoms with van der Waals surface area (Å²) < 4.78 is 12.7. The summed E-state index contributed by atoms with van der Waals surface area (Å²) in [5.74, 6) is 0.0928. The zero-order chi connectivity index (χ0) is 40.5. The molecule has 0 atom stereocenters. The molecule has 0 aliphatic carbocycles. The molecule has 0 fully saturated rings. The fraction of sp³-hybridized carbons (Fsp3) is 0.490. The molecule has 2 N–H and O–H groups in total. The van der Waals surface area contributed by atoms with E-state index >= 15 is 0 Å². The van der Waals surface area contributed by atoms with Crippen LogP contribution in [-0.2, 0) is 6.42 Å². The van der Waals surface area contributed by atoms with E-state index in [1.807, 2.05) is 12.1 Å². The molecule has 57 heavy (non-hydrogen) atoms. The minimum Gasteiger partial charge on any atom is -0.507 e. The van der Waals surface area contributed by atoms with Crippen LogP contribution >= 0.6 is 0 Å². The molecule has 4 rings (SSSR count). The Morgan fingerprint density at radius 3 is 1.09 bits per heavy atom.